The lowest BCUT2D eigenvalue weighted by atomic mass is 10.7. The molecular weight excluding hydrogens is 260 g/mol. The standard InChI is InChI=1S/C11H23ClO4Si/c1-13-6-8-15-11(16-9-7-14-2)10(12)17(3,4)5/h6-9H2,1-5H3. The summed E-state index contributed by atoms with van der Waals surface area (Å²) in [6.07, 6.45) is 0. The number of methoxy groups -OCH3 is 2. The van der Waals surface area contributed by atoms with Crippen LogP contribution in [0.3, 0.4) is 0 Å². The van der Waals surface area contributed by atoms with Gasteiger partial charge in [-0.1, -0.05) is 31.2 Å². The Morgan fingerprint density at radius 2 is 1.29 bits per heavy atom. The van der Waals surface area contributed by atoms with E-state index in [9.17, 15) is 0 Å². The van der Waals surface area contributed by atoms with Gasteiger partial charge in [-0.25, -0.2) is 0 Å². The van der Waals surface area contributed by atoms with Crippen LogP contribution < -0.4 is 0 Å². The summed E-state index contributed by atoms with van der Waals surface area (Å²) < 4.78 is 21.5. The minimum atomic E-state index is -1.63. The molecule has 0 rings (SSSR count). The number of rotatable bonds is 9. The smallest absolute Gasteiger partial charge is 0.289 e. The van der Waals surface area contributed by atoms with Gasteiger partial charge in [0.05, 0.1) is 17.9 Å². The molecule has 4 nitrogen and oxygen atoms in total. The van der Waals surface area contributed by atoms with Crippen molar-refractivity contribution < 1.29 is 18.9 Å². The van der Waals surface area contributed by atoms with Crippen LogP contribution in [-0.4, -0.2) is 48.7 Å². The van der Waals surface area contributed by atoms with Gasteiger partial charge in [-0.05, 0) is 0 Å². The summed E-state index contributed by atoms with van der Waals surface area (Å²) in [5.41, 5.74) is 0. The molecular formula is C11H23ClO4Si. The van der Waals surface area contributed by atoms with Crippen molar-refractivity contribution in [1.82, 2.24) is 0 Å². The molecule has 0 aromatic rings. The lowest BCUT2D eigenvalue weighted by Gasteiger charge is -2.20. The molecule has 0 spiro atoms. The van der Waals surface area contributed by atoms with E-state index in [0.29, 0.717) is 37.0 Å². The van der Waals surface area contributed by atoms with Crippen molar-refractivity contribution in [2.45, 2.75) is 19.6 Å². The van der Waals surface area contributed by atoms with Crippen molar-refractivity contribution in [3.8, 4) is 0 Å². The van der Waals surface area contributed by atoms with Crippen LogP contribution in [0.25, 0.3) is 0 Å². The SMILES string of the molecule is COCCOC(OCCOC)=C(Cl)[Si](C)(C)C. The fourth-order valence-corrected chi connectivity index (χ4v) is 1.78. The summed E-state index contributed by atoms with van der Waals surface area (Å²) >= 11 is 6.29. The number of ether oxygens (including phenoxy) is 4. The maximum absolute atomic E-state index is 6.29. The number of hydrogen-bond acceptors (Lipinski definition) is 4. The Hall–Kier alpha value is -0.233. The van der Waals surface area contributed by atoms with Gasteiger partial charge >= 0.3 is 0 Å². The van der Waals surface area contributed by atoms with Crippen LogP contribution in [0.2, 0.25) is 19.6 Å². The minimum absolute atomic E-state index is 0.417. The zero-order valence-electron chi connectivity index (χ0n) is 11.3. The Balaban J connectivity index is 4.48. The van der Waals surface area contributed by atoms with Gasteiger partial charge in [0.25, 0.3) is 5.95 Å². The fraction of sp³-hybridized carbons (Fsp3) is 0.818. The molecule has 102 valence electrons. The Morgan fingerprint density at radius 3 is 1.59 bits per heavy atom. The summed E-state index contributed by atoms with van der Waals surface area (Å²) in [4.78, 5) is 0. The molecule has 0 heterocycles. The first-order chi connectivity index (χ1) is 7.93. The molecule has 0 aliphatic carbocycles. The molecule has 0 aromatic carbocycles. The zero-order chi connectivity index (χ0) is 13.3. The largest absolute Gasteiger partial charge is 0.462 e. The van der Waals surface area contributed by atoms with Gasteiger partial charge in [-0.15, -0.1) is 0 Å². The molecule has 0 aliphatic heterocycles. The van der Waals surface area contributed by atoms with Gasteiger partial charge in [0.2, 0.25) is 0 Å². The maximum atomic E-state index is 6.29. The van der Waals surface area contributed by atoms with Crippen molar-refractivity contribution in [3.05, 3.63) is 10.6 Å². The molecule has 0 radical (unpaired) electrons. The van der Waals surface area contributed by atoms with Crippen LogP contribution in [-0.2, 0) is 18.9 Å². The lowest BCUT2D eigenvalue weighted by Crippen LogP contribution is -2.24. The van der Waals surface area contributed by atoms with Gasteiger partial charge in [-0.2, -0.15) is 0 Å². The quantitative estimate of drug-likeness (QED) is 0.370. The first-order valence-corrected chi connectivity index (χ1v) is 9.45. The van der Waals surface area contributed by atoms with Crippen LogP contribution in [0.5, 0.6) is 0 Å². The van der Waals surface area contributed by atoms with Gasteiger partial charge in [-0.3, -0.25) is 0 Å². The number of halogens is 1. The second-order valence-corrected chi connectivity index (χ2v) is 10.2. The maximum Gasteiger partial charge on any atom is 0.289 e. The lowest BCUT2D eigenvalue weighted by molar-refractivity contribution is -0.00249. The minimum Gasteiger partial charge on any atom is -0.462 e. The highest BCUT2D eigenvalue weighted by molar-refractivity contribution is 6.91. The predicted molar refractivity (Wildman–Crippen MR) is 71.9 cm³/mol. The van der Waals surface area contributed by atoms with E-state index in [2.05, 4.69) is 19.6 Å². The zero-order valence-corrected chi connectivity index (χ0v) is 13.1. The van der Waals surface area contributed by atoms with Crippen LogP contribution in [0.1, 0.15) is 0 Å². The molecule has 0 bridgehead atoms. The molecule has 0 saturated carbocycles. The van der Waals surface area contributed by atoms with E-state index in [-0.39, 0.29) is 0 Å². The molecule has 0 amide bonds. The van der Waals surface area contributed by atoms with Crippen LogP contribution >= 0.6 is 11.6 Å². The molecule has 0 saturated heterocycles. The van der Waals surface area contributed by atoms with Crippen LogP contribution in [0.4, 0.5) is 0 Å². The summed E-state index contributed by atoms with van der Waals surface area (Å²) in [6.45, 7) is 8.27. The van der Waals surface area contributed by atoms with Gasteiger partial charge in [0.1, 0.15) is 21.3 Å². The van der Waals surface area contributed by atoms with Crippen LogP contribution in [0.15, 0.2) is 10.6 Å². The van der Waals surface area contributed by atoms with Crippen molar-refractivity contribution in [2.75, 3.05) is 40.6 Å². The average molecular weight is 283 g/mol. The van der Waals surface area contributed by atoms with Crippen molar-refractivity contribution in [1.29, 1.82) is 0 Å². The van der Waals surface area contributed by atoms with Crippen molar-refractivity contribution in [2.24, 2.45) is 0 Å². The molecule has 0 aromatic heterocycles. The summed E-state index contributed by atoms with van der Waals surface area (Å²) in [6, 6.07) is 0. The Morgan fingerprint density at radius 1 is 0.882 bits per heavy atom. The van der Waals surface area contributed by atoms with E-state index in [1.807, 2.05) is 0 Å². The van der Waals surface area contributed by atoms with E-state index in [1.54, 1.807) is 14.2 Å². The topological polar surface area (TPSA) is 36.9 Å². The monoisotopic (exact) mass is 282 g/mol. The van der Waals surface area contributed by atoms with Crippen molar-refractivity contribution in [3.63, 3.8) is 0 Å². The molecule has 0 unspecified atom stereocenters. The molecule has 17 heavy (non-hydrogen) atoms. The Kier molecular flexibility index (Phi) is 8.68. The van der Waals surface area contributed by atoms with E-state index >= 15 is 0 Å². The molecule has 6 heteroatoms. The van der Waals surface area contributed by atoms with E-state index in [4.69, 9.17) is 30.5 Å². The third kappa shape index (κ3) is 7.65. The average Bonchev–Trinajstić information content (AvgIpc) is 2.25. The molecule has 0 N–H and O–H groups in total. The first-order valence-electron chi connectivity index (χ1n) is 5.57. The Bertz CT molecular complexity index is 226. The van der Waals surface area contributed by atoms with E-state index in [0.717, 1.165) is 0 Å². The van der Waals surface area contributed by atoms with E-state index in [1.165, 1.54) is 0 Å². The van der Waals surface area contributed by atoms with E-state index < -0.39 is 8.07 Å². The first kappa shape index (κ1) is 16.8. The molecule has 0 fully saturated rings. The summed E-state index contributed by atoms with van der Waals surface area (Å²) in [7, 11) is 1.62. The predicted octanol–water partition coefficient (Wildman–Crippen LogP) is 2.60. The highest BCUT2D eigenvalue weighted by Gasteiger charge is 2.24. The third-order valence-corrected chi connectivity index (χ3v) is 5.26. The third-order valence-electron chi connectivity index (χ3n) is 1.88. The normalized spacial score (nSPS) is 11.2. The van der Waals surface area contributed by atoms with Gasteiger partial charge in [0, 0.05) is 14.2 Å². The Labute approximate surface area is 110 Å². The summed E-state index contributed by atoms with van der Waals surface area (Å²) in [5, 5.41) is 0. The fourth-order valence-electron chi connectivity index (χ4n) is 0.910. The second kappa shape index (κ2) is 8.80. The highest BCUT2D eigenvalue weighted by atomic mass is 35.5. The summed E-state index contributed by atoms with van der Waals surface area (Å²) in [5.74, 6) is 0.417. The van der Waals surface area contributed by atoms with Crippen molar-refractivity contribution >= 4 is 19.7 Å². The second-order valence-electron chi connectivity index (χ2n) is 4.53. The van der Waals surface area contributed by atoms with Gasteiger partial charge in [0.15, 0.2) is 0 Å². The molecule has 0 aliphatic rings. The molecule has 0 atom stereocenters. The van der Waals surface area contributed by atoms with Gasteiger partial charge < -0.3 is 18.9 Å². The van der Waals surface area contributed by atoms with Crippen LogP contribution in [0, 0.1) is 0 Å². The number of hydrogen-bond donors (Lipinski definition) is 0. The highest BCUT2D eigenvalue weighted by Crippen LogP contribution is 2.24.